The van der Waals surface area contributed by atoms with Crippen molar-refractivity contribution >= 4 is 28.0 Å². The third kappa shape index (κ3) is 4.03. The minimum Gasteiger partial charge on any atom is -0.395 e. The summed E-state index contributed by atoms with van der Waals surface area (Å²) in [5.41, 5.74) is 4.10. The number of amides is 1. The zero-order valence-corrected chi connectivity index (χ0v) is 17.9. The Bertz CT molecular complexity index is 1290. The molecule has 9 nitrogen and oxygen atoms in total. The molecule has 0 radical (unpaired) electrons. The van der Waals surface area contributed by atoms with Gasteiger partial charge in [-0.3, -0.25) is 9.78 Å². The van der Waals surface area contributed by atoms with Gasteiger partial charge in [0.15, 0.2) is 11.2 Å². The summed E-state index contributed by atoms with van der Waals surface area (Å²) in [5.74, 6) is 1.12. The smallest absolute Gasteiger partial charge is 0.223 e. The van der Waals surface area contributed by atoms with Gasteiger partial charge in [0.1, 0.15) is 5.82 Å². The third-order valence-electron chi connectivity index (χ3n) is 6.09. The van der Waals surface area contributed by atoms with Crippen LogP contribution < -0.4 is 5.32 Å². The van der Waals surface area contributed by atoms with E-state index in [0.717, 1.165) is 47.4 Å². The highest BCUT2D eigenvalue weighted by Crippen LogP contribution is 2.33. The summed E-state index contributed by atoms with van der Waals surface area (Å²) in [6, 6.07) is 10.0. The van der Waals surface area contributed by atoms with Crippen molar-refractivity contribution in [3.05, 3.63) is 48.0 Å². The summed E-state index contributed by atoms with van der Waals surface area (Å²) in [7, 11) is 0. The molecule has 0 aliphatic heterocycles. The maximum absolute atomic E-state index is 12.2. The second-order valence-electron chi connectivity index (χ2n) is 8.42. The van der Waals surface area contributed by atoms with Crippen LogP contribution in [0, 0.1) is 18.8 Å². The van der Waals surface area contributed by atoms with Crippen LogP contribution in [0.5, 0.6) is 0 Å². The molecule has 1 aromatic carbocycles. The Labute approximate surface area is 184 Å². The molecule has 3 aromatic heterocycles. The van der Waals surface area contributed by atoms with E-state index in [2.05, 4.69) is 25.6 Å². The lowest BCUT2D eigenvalue weighted by Crippen LogP contribution is -2.31. The van der Waals surface area contributed by atoms with Crippen LogP contribution >= 0.6 is 0 Å². The number of fused-ring (bicyclic) bond motifs is 2. The van der Waals surface area contributed by atoms with E-state index < -0.39 is 0 Å². The number of pyridine rings is 1. The lowest BCUT2D eigenvalue weighted by molar-refractivity contribution is -0.125. The predicted molar refractivity (Wildman–Crippen MR) is 119 cm³/mol. The number of aryl methyl sites for hydroxylation is 1. The Hall–Kier alpha value is -3.46. The van der Waals surface area contributed by atoms with Gasteiger partial charge in [0.05, 0.1) is 24.0 Å². The maximum atomic E-state index is 12.2. The number of rotatable bonds is 6. The highest BCUT2D eigenvalue weighted by Gasteiger charge is 2.30. The highest BCUT2D eigenvalue weighted by atomic mass is 16.3. The number of aliphatic hydroxyl groups is 1. The summed E-state index contributed by atoms with van der Waals surface area (Å²) < 4.78 is 1.74. The van der Waals surface area contributed by atoms with Gasteiger partial charge in [-0.25, -0.2) is 9.97 Å². The van der Waals surface area contributed by atoms with Crippen LogP contribution in [0.25, 0.3) is 27.8 Å². The van der Waals surface area contributed by atoms with Crippen LogP contribution in [0.3, 0.4) is 0 Å². The third-order valence-corrected chi connectivity index (χ3v) is 6.09. The Balaban J connectivity index is 1.36. The molecule has 1 amide bonds. The van der Waals surface area contributed by atoms with E-state index in [1.165, 1.54) is 0 Å². The van der Waals surface area contributed by atoms with Gasteiger partial charge < -0.3 is 10.4 Å². The van der Waals surface area contributed by atoms with Crippen molar-refractivity contribution < 1.29 is 9.90 Å². The summed E-state index contributed by atoms with van der Waals surface area (Å²) in [6.07, 6.45) is 5.06. The normalized spacial score (nSPS) is 18.4. The van der Waals surface area contributed by atoms with E-state index in [-0.39, 0.29) is 18.4 Å². The van der Waals surface area contributed by atoms with E-state index in [1.54, 1.807) is 10.9 Å². The SMILES string of the molecule is Cc1ccc2cc(-n3nnc4cnc(C[C@@H]5CC[C@@H](C(=O)NCCO)C5)nc43)ccc2n1. The number of hydrogen-bond donors (Lipinski definition) is 2. The zero-order chi connectivity index (χ0) is 22.1. The number of carbonyl (C=O) groups excluding carboxylic acids is 1. The van der Waals surface area contributed by atoms with Gasteiger partial charge in [0.25, 0.3) is 0 Å². The fourth-order valence-electron chi connectivity index (χ4n) is 4.46. The summed E-state index contributed by atoms with van der Waals surface area (Å²) in [4.78, 5) is 26.0. The van der Waals surface area contributed by atoms with Crippen LogP contribution in [0.4, 0.5) is 0 Å². The number of carbonyl (C=O) groups is 1. The van der Waals surface area contributed by atoms with E-state index in [0.29, 0.717) is 30.0 Å². The van der Waals surface area contributed by atoms with E-state index in [9.17, 15) is 4.79 Å². The second-order valence-corrected chi connectivity index (χ2v) is 8.42. The van der Waals surface area contributed by atoms with Crippen molar-refractivity contribution in [2.45, 2.75) is 32.6 Å². The number of aromatic nitrogens is 6. The topological polar surface area (TPSA) is 119 Å². The van der Waals surface area contributed by atoms with Crippen LogP contribution in [-0.2, 0) is 11.2 Å². The van der Waals surface area contributed by atoms with E-state index in [1.807, 2.05) is 37.3 Å². The highest BCUT2D eigenvalue weighted by molar-refractivity contribution is 5.82. The first-order valence-electron chi connectivity index (χ1n) is 10.9. The molecule has 4 aromatic rings. The molecule has 0 spiro atoms. The average molecular weight is 432 g/mol. The molecule has 3 heterocycles. The fraction of sp³-hybridized carbons (Fsp3) is 0.391. The van der Waals surface area contributed by atoms with Crippen molar-refractivity contribution in [3.8, 4) is 5.69 Å². The van der Waals surface area contributed by atoms with Crippen molar-refractivity contribution in [1.29, 1.82) is 0 Å². The van der Waals surface area contributed by atoms with Gasteiger partial charge in [-0.2, -0.15) is 4.68 Å². The van der Waals surface area contributed by atoms with Crippen LogP contribution in [0.15, 0.2) is 36.5 Å². The van der Waals surface area contributed by atoms with E-state index in [4.69, 9.17) is 10.1 Å². The summed E-state index contributed by atoms with van der Waals surface area (Å²) in [6.45, 7) is 2.25. The molecule has 5 rings (SSSR count). The van der Waals surface area contributed by atoms with Crippen molar-refractivity contribution in [3.63, 3.8) is 0 Å². The van der Waals surface area contributed by atoms with Crippen LogP contribution in [-0.4, -0.2) is 54.1 Å². The quantitative estimate of drug-likeness (QED) is 0.480. The lowest BCUT2D eigenvalue weighted by Gasteiger charge is -2.11. The largest absolute Gasteiger partial charge is 0.395 e. The average Bonchev–Trinajstić information content (AvgIpc) is 3.44. The number of nitrogens with one attached hydrogen (secondary N) is 1. The summed E-state index contributed by atoms with van der Waals surface area (Å²) >= 11 is 0. The van der Waals surface area contributed by atoms with Gasteiger partial charge >= 0.3 is 0 Å². The first kappa shape index (κ1) is 20.4. The van der Waals surface area contributed by atoms with Gasteiger partial charge in [-0.05, 0) is 56.4 Å². The predicted octanol–water partition coefficient (Wildman–Crippen LogP) is 2.13. The molecule has 9 heteroatoms. The molecular formula is C23H25N7O2. The summed E-state index contributed by atoms with van der Waals surface area (Å²) in [5, 5.41) is 21.2. The molecule has 1 fully saturated rings. The van der Waals surface area contributed by atoms with Gasteiger partial charge in [-0.15, -0.1) is 5.10 Å². The monoisotopic (exact) mass is 431 g/mol. The van der Waals surface area contributed by atoms with Gasteiger partial charge in [0.2, 0.25) is 5.91 Å². The van der Waals surface area contributed by atoms with Crippen molar-refractivity contribution in [1.82, 2.24) is 35.3 Å². The first-order valence-corrected chi connectivity index (χ1v) is 10.9. The Morgan fingerprint density at radius 3 is 2.97 bits per heavy atom. The Morgan fingerprint density at radius 1 is 1.19 bits per heavy atom. The lowest BCUT2D eigenvalue weighted by atomic mass is 10.0. The number of benzene rings is 1. The van der Waals surface area contributed by atoms with Gasteiger partial charge in [0, 0.05) is 30.0 Å². The van der Waals surface area contributed by atoms with Crippen molar-refractivity contribution in [2.24, 2.45) is 11.8 Å². The number of nitrogens with zero attached hydrogens (tertiary/aromatic N) is 6. The number of hydrogen-bond acceptors (Lipinski definition) is 7. The molecule has 2 atom stereocenters. The van der Waals surface area contributed by atoms with Crippen molar-refractivity contribution in [2.75, 3.05) is 13.2 Å². The van der Waals surface area contributed by atoms with Crippen LogP contribution in [0.2, 0.25) is 0 Å². The fourth-order valence-corrected chi connectivity index (χ4v) is 4.46. The standard InChI is InChI=1S/C23H25N7O2/c1-14-2-4-16-12-18(6-7-19(16)26-14)30-22-20(28-29-30)13-25-21(27-22)11-15-3-5-17(10-15)23(32)24-8-9-31/h2,4,6-7,12-13,15,17,31H,3,5,8-11H2,1H3,(H,24,32)/t15-,17-/m1/s1. The van der Waals surface area contributed by atoms with Crippen LogP contribution in [0.1, 0.15) is 30.8 Å². The molecule has 1 aliphatic carbocycles. The molecule has 1 aliphatic rings. The molecular weight excluding hydrogens is 406 g/mol. The minimum atomic E-state index is -0.0369. The molecule has 0 unspecified atom stereocenters. The molecule has 0 saturated heterocycles. The molecule has 1 saturated carbocycles. The number of aliphatic hydroxyl groups excluding tert-OH is 1. The second kappa shape index (κ2) is 8.58. The maximum Gasteiger partial charge on any atom is 0.223 e. The zero-order valence-electron chi connectivity index (χ0n) is 17.9. The van der Waals surface area contributed by atoms with Gasteiger partial charge in [-0.1, -0.05) is 11.3 Å². The Morgan fingerprint density at radius 2 is 2.09 bits per heavy atom. The first-order chi connectivity index (χ1) is 15.6. The molecule has 32 heavy (non-hydrogen) atoms. The molecule has 2 N–H and O–H groups in total. The Kier molecular flexibility index (Phi) is 5.48. The minimum absolute atomic E-state index is 0.00248. The molecule has 164 valence electrons. The van der Waals surface area contributed by atoms with E-state index >= 15 is 0 Å². The molecule has 0 bridgehead atoms.